The molecule has 2 aliphatic rings. The molecule has 2 rings (SSSR count). The molecule has 1 saturated carbocycles. The third-order valence-corrected chi connectivity index (χ3v) is 3.80. The zero-order valence-electron chi connectivity index (χ0n) is 9.71. The Hall–Kier alpha value is -0.585. The van der Waals surface area contributed by atoms with Gasteiger partial charge in [0.05, 0.1) is 12.0 Å². The lowest BCUT2D eigenvalue weighted by Crippen LogP contribution is -2.54. The van der Waals surface area contributed by atoms with E-state index in [1.165, 1.54) is 0 Å². The van der Waals surface area contributed by atoms with Crippen molar-refractivity contribution in [3.05, 3.63) is 0 Å². The van der Waals surface area contributed by atoms with Gasteiger partial charge in [-0.2, -0.15) is 0 Å². The van der Waals surface area contributed by atoms with E-state index in [1.54, 1.807) is 4.90 Å². The molecular weight excluding hydrogens is 207 g/mol. The summed E-state index contributed by atoms with van der Waals surface area (Å²) in [5.74, 6) is 0.196. The number of rotatable bonds is 3. The van der Waals surface area contributed by atoms with Crippen molar-refractivity contribution in [2.75, 3.05) is 6.54 Å². The molecule has 2 fully saturated rings. The zero-order chi connectivity index (χ0) is 12.0. The van der Waals surface area contributed by atoms with Crippen LogP contribution in [0.4, 0.5) is 0 Å². The monoisotopic (exact) mass is 226 g/mol. The summed E-state index contributed by atoms with van der Waals surface area (Å²) in [5, 5.41) is 18.6. The highest BCUT2D eigenvalue weighted by Gasteiger charge is 2.58. The first-order valence-electron chi connectivity index (χ1n) is 5.85. The highest BCUT2D eigenvalue weighted by Crippen LogP contribution is 2.49. The summed E-state index contributed by atoms with van der Waals surface area (Å²) in [5.41, 5.74) is 5.81. The maximum atomic E-state index is 12.0. The Bertz CT molecular complexity index is 298. The van der Waals surface area contributed by atoms with Gasteiger partial charge in [-0.15, -0.1) is 0 Å². The predicted molar refractivity (Wildman–Crippen MR) is 60.1 cm³/mol. The van der Waals surface area contributed by atoms with Gasteiger partial charge in [0, 0.05) is 6.54 Å². The number of amides is 1. The highest BCUT2D eigenvalue weighted by molar-refractivity contribution is 6.44. The second-order valence-corrected chi connectivity index (χ2v) is 5.32. The van der Waals surface area contributed by atoms with Gasteiger partial charge in [-0.25, -0.2) is 0 Å². The summed E-state index contributed by atoms with van der Waals surface area (Å²) < 4.78 is 0. The summed E-state index contributed by atoms with van der Waals surface area (Å²) >= 11 is 0. The van der Waals surface area contributed by atoms with E-state index in [0.717, 1.165) is 6.42 Å². The van der Waals surface area contributed by atoms with E-state index in [2.05, 4.69) is 0 Å². The number of piperidine rings is 1. The van der Waals surface area contributed by atoms with Crippen molar-refractivity contribution in [3.8, 4) is 0 Å². The largest absolute Gasteiger partial charge is 0.476 e. The van der Waals surface area contributed by atoms with E-state index in [4.69, 9.17) is 5.73 Å². The molecule has 0 aromatic carbocycles. The minimum Gasteiger partial charge on any atom is -0.426 e. The molecule has 4 atom stereocenters. The van der Waals surface area contributed by atoms with Gasteiger partial charge in [0.25, 0.3) is 0 Å². The van der Waals surface area contributed by atoms with Gasteiger partial charge in [0.2, 0.25) is 5.91 Å². The minimum absolute atomic E-state index is 0.0703. The third kappa shape index (κ3) is 1.85. The molecule has 6 heteroatoms. The first-order chi connectivity index (χ1) is 7.43. The molecule has 0 radical (unpaired) electrons. The molecule has 0 aromatic heterocycles. The van der Waals surface area contributed by atoms with Crippen LogP contribution in [-0.2, 0) is 4.79 Å². The van der Waals surface area contributed by atoms with Gasteiger partial charge in [-0.05, 0) is 24.2 Å². The maximum Gasteiger partial charge on any atom is 0.476 e. The molecule has 1 saturated heterocycles. The third-order valence-electron chi connectivity index (χ3n) is 3.80. The molecule has 0 bridgehead atoms. The summed E-state index contributed by atoms with van der Waals surface area (Å²) in [6, 6.07) is -0.543. The van der Waals surface area contributed by atoms with Crippen molar-refractivity contribution in [1.29, 1.82) is 0 Å². The molecule has 1 heterocycles. The van der Waals surface area contributed by atoms with Crippen LogP contribution in [0.2, 0.25) is 0 Å². The molecule has 1 aliphatic heterocycles. The lowest BCUT2D eigenvalue weighted by atomic mass is 9.76. The standard InChI is InChI=1S/C10H19BN2O3/c1-5(2)8(12)10(14)13-4-6-3-7(6)9(13)11(15)16/h5-9,15-16H,3-4,12H2,1-2H3/t6?,7?,8-,9?/m1/s1. The lowest BCUT2D eigenvalue weighted by Gasteiger charge is -2.30. The van der Waals surface area contributed by atoms with E-state index < -0.39 is 19.1 Å². The molecule has 0 aromatic rings. The van der Waals surface area contributed by atoms with Crippen molar-refractivity contribution >= 4 is 13.0 Å². The van der Waals surface area contributed by atoms with Gasteiger partial charge in [-0.1, -0.05) is 13.8 Å². The molecule has 16 heavy (non-hydrogen) atoms. The zero-order valence-corrected chi connectivity index (χ0v) is 9.71. The average Bonchev–Trinajstić information content (AvgIpc) is 2.86. The second kappa shape index (κ2) is 4.02. The van der Waals surface area contributed by atoms with E-state index in [0.29, 0.717) is 12.5 Å². The van der Waals surface area contributed by atoms with Gasteiger partial charge in [0.15, 0.2) is 0 Å². The molecule has 3 unspecified atom stereocenters. The molecule has 5 nitrogen and oxygen atoms in total. The van der Waals surface area contributed by atoms with Crippen molar-refractivity contribution < 1.29 is 14.8 Å². The number of nitrogens with zero attached hydrogens (tertiary/aromatic N) is 1. The number of carbonyl (C=O) groups excluding carboxylic acids is 1. The number of fused-ring (bicyclic) bond motifs is 1. The molecule has 0 spiro atoms. The van der Waals surface area contributed by atoms with Crippen molar-refractivity contribution in [1.82, 2.24) is 4.90 Å². The van der Waals surface area contributed by atoms with Crippen LogP contribution < -0.4 is 5.73 Å². The number of hydrogen-bond acceptors (Lipinski definition) is 4. The lowest BCUT2D eigenvalue weighted by molar-refractivity contribution is -0.134. The van der Waals surface area contributed by atoms with Crippen LogP contribution in [0.3, 0.4) is 0 Å². The van der Waals surface area contributed by atoms with E-state index in [-0.39, 0.29) is 17.7 Å². The topological polar surface area (TPSA) is 86.8 Å². The van der Waals surface area contributed by atoms with Gasteiger partial charge < -0.3 is 20.7 Å². The van der Waals surface area contributed by atoms with Crippen LogP contribution in [0.25, 0.3) is 0 Å². The maximum absolute atomic E-state index is 12.0. The Morgan fingerprint density at radius 3 is 2.62 bits per heavy atom. The van der Waals surface area contributed by atoms with Crippen molar-refractivity contribution in [3.63, 3.8) is 0 Å². The first kappa shape index (κ1) is 11.9. The Balaban J connectivity index is 2.06. The minimum atomic E-state index is -1.44. The molecule has 1 aliphatic carbocycles. The fourth-order valence-corrected chi connectivity index (χ4v) is 2.60. The van der Waals surface area contributed by atoms with E-state index >= 15 is 0 Å². The number of likely N-dealkylation sites (tertiary alicyclic amines) is 1. The Morgan fingerprint density at radius 1 is 1.50 bits per heavy atom. The second-order valence-electron chi connectivity index (χ2n) is 5.32. The Kier molecular flexibility index (Phi) is 2.98. The molecular formula is C10H19BN2O3. The summed E-state index contributed by atoms with van der Waals surface area (Å²) in [7, 11) is -1.44. The quantitative estimate of drug-likeness (QED) is 0.529. The number of carbonyl (C=O) groups is 1. The summed E-state index contributed by atoms with van der Waals surface area (Å²) in [6.07, 6.45) is 1.00. The molecule has 4 N–H and O–H groups in total. The van der Waals surface area contributed by atoms with E-state index in [1.807, 2.05) is 13.8 Å². The highest BCUT2D eigenvalue weighted by atomic mass is 16.4. The van der Waals surface area contributed by atoms with Gasteiger partial charge in [0.1, 0.15) is 0 Å². The van der Waals surface area contributed by atoms with Crippen LogP contribution >= 0.6 is 0 Å². The van der Waals surface area contributed by atoms with Crippen LogP contribution in [0.1, 0.15) is 20.3 Å². The summed E-state index contributed by atoms with van der Waals surface area (Å²) in [4.78, 5) is 13.6. The van der Waals surface area contributed by atoms with Crippen molar-refractivity contribution in [2.24, 2.45) is 23.5 Å². The smallest absolute Gasteiger partial charge is 0.426 e. The number of hydrogen-bond donors (Lipinski definition) is 3. The van der Waals surface area contributed by atoms with Gasteiger partial charge in [-0.3, -0.25) is 4.79 Å². The van der Waals surface area contributed by atoms with Crippen LogP contribution in [-0.4, -0.2) is 46.5 Å². The predicted octanol–water partition coefficient (Wildman–Crippen LogP) is -1.17. The molecule has 1 amide bonds. The van der Waals surface area contributed by atoms with Crippen LogP contribution in [0.5, 0.6) is 0 Å². The molecule has 90 valence electrons. The number of nitrogens with two attached hydrogens (primary N) is 1. The Labute approximate surface area is 95.8 Å². The van der Waals surface area contributed by atoms with E-state index in [9.17, 15) is 14.8 Å². The fourth-order valence-electron chi connectivity index (χ4n) is 2.60. The Morgan fingerprint density at radius 2 is 2.12 bits per heavy atom. The van der Waals surface area contributed by atoms with Crippen LogP contribution in [0, 0.1) is 17.8 Å². The normalized spacial score (nSPS) is 33.9. The van der Waals surface area contributed by atoms with Crippen molar-refractivity contribution in [2.45, 2.75) is 32.3 Å². The van der Waals surface area contributed by atoms with Crippen LogP contribution in [0.15, 0.2) is 0 Å². The summed E-state index contributed by atoms with van der Waals surface area (Å²) in [6.45, 7) is 4.42. The first-order valence-corrected chi connectivity index (χ1v) is 5.85. The van der Waals surface area contributed by atoms with Gasteiger partial charge >= 0.3 is 7.12 Å². The average molecular weight is 226 g/mol. The SMILES string of the molecule is CC(C)[C@@H](N)C(=O)N1CC2CC2C1B(O)O. The fraction of sp³-hybridized carbons (Fsp3) is 0.900.